The molecule has 0 amide bonds. The fourth-order valence-corrected chi connectivity index (χ4v) is 3.26. The normalized spacial score (nSPS) is 11.6. The summed E-state index contributed by atoms with van der Waals surface area (Å²) < 4.78 is 22.8. The number of benzene rings is 1. The second-order valence-corrected chi connectivity index (χ2v) is 8.14. The Kier molecular flexibility index (Phi) is 4.45. The van der Waals surface area contributed by atoms with Crippen LogP contribution in [0, 0.1) is 6.92 Å². The first-order valence-electron chi connectivity index (χ1n) is 6.29. The van der Waals surface area contributed by atoms with Crippen molar-refractivity contribution in [2.75, 3.05) is 24.7 Å². The van der Waals surface area contributed by atoms with Gasteiger partial charge >= 0.3 is 0 Å². The molecule has 1 heterocycles. The third-order valence-electron chi connectivity index (χ3n) is 3.04. The Morgan fingerprint density at radius 2 is 1.90 bits per heavy atom. The van der Waals surface area contributed by atoms with Gasteiger partial charge in [0.25, 0.3) is 0 Å². The lowest BCUT2D eigenvalue weighted by Gasteiger charge is -2.18. The van der Waals surface area contributed by atoms with Crippen LogP contribution >= 0.6 is 11.3 Å². The van der Waals surface area contributed by atoms with E-state index in [1.54, 1.807) is 23.5 Å². The van der Waals surface area contributed by atoms with Gasteiger partial charge in [-0.1, -0.05) is 0 Å². The van der Waals surface area contributed by atoms with Gasteiger partial charge in [0.15, 0.2) is 9.84 Å². The van der Waals surface area contributed by atoms with Gasteiger partial charge in [-0.3, -0.25) is 0 Å². The molecule has 0 aliphatic rings. The van der Waals surface area contributed by atoms with Gasteiger partial charge in [0, 0.05) is 43.0 Å². The number of sulfone groups is 1. The molecule has 0 fully saturated rings. The zero-order valence-electron chi connectivity index (χ0n) is 11.8. The van der Waals surface area contributed by atoms with Crippen LogP contribution < -0.4 is 4.90 Å². The summed E-state index contributed by atoms with van der Waals surface area (Å²) >= 11 is 1.71. The number of hydrogen-bond donors (Lipinski definition) is 0. The summed E-state index contributed by atoms with van der Waals surface area (Å²) in [6.45, 7) is 2.90. The van der Waals surface area contributed by atoms with Crippen molar-refractivity contribution in [2.24, 2.45) is 0 Å². The van der Waals surface area contributed by atoms with Gasteiger partial charge in [0.2, 0.25) is 0 Å². The summed E-state index contributed by atoms with van der Waals surface area (Å²) in [6, 6.07) is 6.97. The molecule has 6 heteroatoms. The molecule has 0 unspecified atom stereocenters. The fourth-order valence-electron chi connectivity index (χ4n) is 1.86. The fraction of sp³-hybridized carbons (Fsp3) is 0.357. The molecule has 0 radical (unpaired) electrons. The molecule has 4 nitrogen and oxygen atoms in total. The average molecular weight is 310 g/mol. The van der Waals surface area contributed by atoms with Gasteiger partial charge in [0.05, 0.1) is 9.90 Å². The number of likely N-dealkylation sites (N-methyl/N-ethyl adjacent to an activating group) is 1. The molecule has 2 rings (SSSR count). The topological polar surface area (TPSA) is 50.3 Å². The number of thiazole rings is 1. The summed E-state index contributed by atoms with van der Waals surface area (Å²) in [7, 11) is -1.13. The van der Waals surface area contributed by atoms with Gasteiger partial charge in [-0.2, -0.15) is 0 Å². The van der Waals surface area contributed by atoms with Crippen LogP contribution in [0.4, 0.5) is 5.69 Å². The van der Waals surface area contributed by atoms with Crippen LogP contribution in [-0.2, 0) is 16.3 Å². The van der Waals surface area contributed by atoms with Crippen molar-refractivity contribution in [3.8, 4) is 0 Å². The zero-order valence-corrected chi connectivity index (χ0v) is 13.5. The van der Waals surface area contributed by atoms with Gasteiger partial charge in [-0.15, -0.1) is 11.3 Å². The lowest BCUT2D eigenvalue weighted by Crippen LogP contribution is -2.20. The highest BCUT2D eigenvalue weighted by Crippen LogP contribution is 2.18. The van der Waals surface area contributed by atoms with Crippen molar-refractivity contribution in [3.05, 3.63) is 40.3 Å². The van der Waals surface area contributed by atoms with Gasteiger partial charge in [-0.05, 0) is 31.2 Å². The van der Waals surface area contributed by atoms with Crippen LogP contribution in [0.2, 0.25) is 0 Å². The maximum Gasteiger partial charge on any atom is 0.175 e. The van der Waals surface area contributed by atoms with E-state index >= 15 is 0 Å². The molecule has 2 aromatic rings. The summed E-state index contributed by atoms with van der Waals surface area (Å²) in [5, 5.41) is 1.13. The number of aromatic nitrogens is 1. The van der Waals surface area contributed by atoms with Crippen LogP contribution in [0.15, 0.2) is 35.4 Å². The second-order valence-electron chi connectivity index (χ2n) is 4.80. The SMILES string of the molecule is Cc1cnc(CCN(C)c2ccc(S(C)(=O)=O)cc2)s1. The number of nitrogens with zero attached hydrogens (tertiary/aromatic N) is 2. The van der Waals surface area contributed by atoms with E-state index in [1.165, 1.54) is 11.1 Å². The minimum absolute atomic E-state index is 0.352. The Labute approximate surface area is 124 Å². The first kappa shape index (κ1) is 15.0. The van der Waals surface area contributed by atoms with E-state index < -0.39 is 9.84 Å². The molecule has 0 spiro atoms. The molecule has 1 aromatic heterocycles. The lowest BCUT2D eigenvalue weighted by atomic mass is 10.3. The zero-order chi connectivity index (χ0) is 14.8. The van der Waals surface area contributed by atoms with Crippen LogP contribution in [0.1, 0.15) is 9.88 Å². The molecule has 20 heavy (non-hydrogen) atoms. The quantitative estimate of drug-likeness (QED) is 0.851. The van der Waals surface area contributed by atoms with Gasteiger partial charge < -0.3 is 4.90 Å². The number of aryl methyl sites for hydroxylation is 1. The van der Waals surface area contributed by atoms with Gasteiger partial charge in [0.1, 0.15) is 0 Å². The monoisotopic (exact) mass is 310 g/mol. The molecule has 108 valence electrons. The molecular formula is C14H18N2O2S2. The highest BCUT2D eigenvalue weighted by Gasteiger charge is 2.08. The number of anilines is 1. The van der Waals surface area contributed by atoms with E-state index in [2.05, 4.69) is 16.8 Å². The summed E-state index contributed by atoms with van der Waals surface area (Å²) in [4.78, 5) is 8.01. The Hall–Kier alpha value is -1.40. The summed E-state index contributed by atoms with van der Waals surface area (Å²) in [5.41, 5.74) is 1.01. The van der Waals surface area contributed by atoms with Crippen molar-refractivity contribution in [1.82, 2.24) is 4.98 Å². The Morgan fingerprint density at radius 3 is 2.40 bits per heavy atom. The Bertz CT molecular complexity index is 675. The minimum atomic E-state index is -3.12. The highest BCUT2D eigenvalue weighted by atomic mass is 32.2. The molecule has 0 bridgehead atoms. The van der Waals surface area contributed by atoms with Crippen molar-refractivity contribution in [2.45, 2.75) is 18.2 Å². The molecule has 0 aliphatic carbocycles. The Balaban J connectivity index is 2.00. The van der Waals surface area contributed by atoms with Crippen LogP contribution in [0.5, 0.6) is 0 Å². The number of rotatable bonds is 5. The van der Waals surface area contributed by atoms with Crippen molar-refractivity contribution < 1.29 is 8.42 Å². The molecule has 0 N–H and O–H groups in total. The van der Waals surface area contributed by atoms with E-state index in [0.29, 0.717) is 4.90 Å². The van der Waals surface area contributed by atoms with Crippen molar-refractivity contribution in [3.63, 3.8) is 0 Å². The van der Waals surface area contributed by atoms with E-state index in [9.17, 15) is 8.42 Å². The Morgan fingerprint density at radius 1 is 1.25 bits per heavy atom. The first-order chi connectivity index (χ1) is 9.36. The van der Waals surface area contributed by atoms with E-state index in [1.807, 2.05) is 25.4 Å². The predicted octanol–water partition coefficient (Wildman–Crippen LogP) is 2.53. The second kappa shape index (κ2) is 5.93. The van der Waals surface area contributed by atoms with Crippen LogP contribution in [0.25, 0.3) is 0 Å². The molecule has 1 aromatic carbocycles. The average Bonchev–Trinajstić information content (AvgIpc) is 2.81. The van der Waals surface area contributed by atoms with E-state index in [0.717, 1.165) is 23.7 Å². The van der Waals surface area contributed by atoms with E-state index in [-0.39, 0.29) is 0 Å². The van der Waals surface area contributed by atoms with Crippen molar-refractivity contribution in [1.29, 1.82) is 0 Å². The minimum Gasteiger partial charge on any atom is -0.374 e. The molecule has 0 saturated heterocycles. The summed E-state index contributed by atoms with van der Waals surface area (Å²) in [6.07, 6.45) is 4.00. The van der Waals surface area contributed by atoms with E-state index in [4.69, 9.17) is 0 Å². The number of hydrogen-bond acceptors (Lipinski definition) is 5. The molecule has 0 saturated carbocycles. The third kappa shape index (κ3) is 3.80. The predicted molar refractivity (Wildman–Crippen MR) is 83.4 cm³/mol. The summed E-state index contributed by atoms with van der Waals surface area (Å²) in [5.74, 6) is 0. The maximum absolute atomic E-state index is 11.4. The maximum atomic E-state index is 11.4. The molecule has 0 aliphatic heterocycles. The largest absolute Gasteiger partial charge is 0.374 e. The first-order valence-corrected chi connectivity index (χ1v) is 8.99. The van der Waals surface area contributed by atoms with Crippen LogP contribution in [0.3, 0.4) is 0 Å². The highest BCUT2D eigenvalue weighted by molar-refractivity contribution is 7.90. The molecule has 0 atom stereocenters. The van der Waals surface area contributed by atoms with Crippen molar-refractivity contribution >= 4 is 26.9 Å². The van der Waals surface area contributed by atoms with Crippen LogP contribution in [-0.4, -0.2) is 33.2 Å². The van der Waals surface area contributed by atoms with Gasteiger partial charge in [-0.25, -0.2) is 13.4 Å². The standard InChI is InChI=1S/C14H18N2O2S2/c1-11-10-15-14(19-11)8-9-16(2)12-4-6-13(7-5-12)20(3,17)18/h4-7,10H,8-9H2,1-3H3. The third-order valence-corrected chi connectivity index (χ3v) is 5.14. The molecular weight excluding hydrogens is 292 g/mol. The smallest absolute Gasteiger partial charge is 0.175 e. The lowest BCUT2D eigenvalue weighted by molar-refractivity contribution is 0.602.